The van der Waals surface area contributed by atoms with E-state index < -0.39 is 42.3 Å². The van der Waals surface area contributed by atoms with Crippen molar-refractivity contribution in [3.8, 4) is 11.6 Å². The third-order valence-corrected chi connectivity index (χ3v) is 6.77. The highest BCUT2D eigenvalue weighted by atomic mass is 16.6. The van der Waals surface area contributed by atoms with Gasteiger partial charge in [0.05, 0.1) is 23.3 Å². The van der Waals surface area contributed by atoms with Gasteiger partial charge in [-0.25, -0.2) is 14.4 Å². The molecule has 1 aliphatic rings. The number of rotatable bonds is 8. The van der Waals surface area contributed by atoms with Gasteiger partial charge >= 0.3 is 17.9 Å². The van der Waals surface area contributed by atoms with Crippen molar-refractivity contribution in [1.29, 1.82) is 0 Å². The second-order valence-electron chi connectivity index (χ2n) is 9.70. The molecule has 11 heteroatoms. The highest BCUT2D eigenvalue weighted by Gasteiger charge is 2.50. The van der Waals surface area contributed by atoms with Crippen molar-refractivity contribution in [3.63, 3.8) is 0 Å². The number of benzene rings is 3. The summed E-state index contributed by atoms with van der Waals surface area (Å²) < 4.78 is 29.7. The molecule has 4 atom stereocenters. The smallest absolute Gasteiger partial charge is 0.338 e. The number of pyridine rings is 1. The van der Waals surface area contributed by atoms with E-state index in [1.165, 1.54) is 0 Å². The van der Waals surface area contributed by atoms with Crippen LogP contribution in [-0.2, 0) is 18.9 Å². The van der Waals surface area contributed by atoms with Gasteiger partial charge in [0.25, 0.3) is 5.89 Å². The largest absolute Gasteiger partial charge is 0.452 e. The molecule has 0 radical (unpaired) electrons. The van der Waals surface area contributed by atoms with Gasteiger partial charge in [-0.15, -0.1) is 10.2 Å². The maximum Gasteiger partial charge on any atom is 0.338 e. The van der Waals surface area contributed by atoms with Gasteiger partial charge < -0.3 is 23.4 Å². The van der Waals surface area contributed by atoms with E-state index in [2.05, 4.69) is 15.2 Å². The summed E-state index contributed by atoms with van der Waals surface area (Å²) in [5.41, 5.74) is 1.17. The Kier molecular flexibility index (Phi) is 8.46. The zero-order chi connectivity index (χ0) is 30.3. The van der Waals surface area contributed by atoms with Crippen molar-refractivity contribution >= 4 is 17.9 Å². The minimum atomic E-state index is -1.37. The van der Waals surface area contributed by atoms with Crippen molar-refractivity contribution in [2.45, 2.75) is 24.4 Å². The molecule has 0 bridgehead atoms. The molecule has 1 saturated heterocycles. The number of ether oxygens (including phenoxy) is 4. The zero-order valence-corrected chi connectivity index (χ0v) is 23.1. The fourth-order valence-electron chi connectivity index (χ4n) is 4.61. The third kappa shape index (κ3) is 6.37. The predicted octanol–water partition coefficient (Wildman–Crippen LogP) is 4.88. The second kappa shape index (κ2) is 13.1. The van der Waals surface area contributed by atoms with Crippen molar-refractivity contribution in [2.75, 3.05) is 6.61 Å². The maximum atomic E-state index is 13.4. The van der Waals surface area contributed by atoms with Crippen LogP contribution in [0.2, 0.25) is 0 Å². The van der Waals surface area contributed by atoms with Crippen LogP contribution in [0, 0.1) is 0 Å². The summed E-state index contributed by atoms with van der Waals surface area (Å²) in [6.45, 7) is -0.239. The van der Waals surface area contributed by atoms with E-state index in [9.17, 15) is 14.4 Å². The first-order valence-electron chi connectivity index (χ1n) is 13.7. The number of carbonyl (C=O) groups is 3. The lowest BCUT2D eigenvalue weighted by Gasteiger charge is -2.39. The van der Waals surface area contributed by atoms with E-state index in [4.69, 9.17) is 23.4 Å². The van der Waals surface area contributed by atoms with Crippen LogP contribution in [0.15, 0.2) is 120 Å². The zero-order valence-electron chi connectivity index (χ0n) is 23.1. The molecule has 0 unspecified atom stereocenters. The van der Waals surface area contributed by atoms with Gasteiger partial charge in [-0.1, -0.05) is 60.7 Å². The number of hydrogen-bond donors (Lipinski definition) is 0. The lowest BCUT2D eigenvalue weighted by molar-refractivity contribution is -0.197. The molecule has 0 saturated carbocycles. The number of hydrogen-bond acceptors (Lipinski definition) is 11. The molecule has 0 amide bonds. The van der Waals surface area contributed by atoms with Crippen molar-refractivity contribution < 1.29 is 37.7 Å². The molecule has 0 spiro atoms. The molecule has 0 aliphatic carbocycles. The van der Waals surface area contributed by atoms with E-state index in [1.807, 2.05) is 0 Å². The van der Waals surface area contributed by atoms with Crippen LogP contribution in [0.25, 0.3) is 11.6 Å². The minimum Gasteiger partial charge on any atom is -0.452 e. The van der Waals surface area contributed by atoms with Crippen LogP contribution >= 0.6 is 0 Å². The summed E-state index contributed by atoms with van der Waals surface area (Å²) in [5, 5.41) is 8.21. The first-order chi connectivity index (χ1) is 21.6. The second-order valence-corrected chi connectivity index (χ2v) is 9.70. The normalized spacial score (nSPS) is 19.5. The van der Waals surface area contributed by atoms with Crippen LogP contribution < -0.4 is 0 Å². The summed E-state index contributed by atoms with van der Waals surface area (Å²) in [6.07, 6.45) is -3.47. The maximum absolute atomic E-state index is 13.4. The van der Waals surface area contributed by atoms with Gasteiger partial charge in [0.15, 0.2) is 24.4 Å². The van der Waals surface area contributed by atoms with Gasteiger partial charge in [0, 0.05) is 6.20 Å². The molecule has 220 valence electrons. The first kappa shape index (κ1) is 28.4. The third-order valence-electron chi connectivity index (χ3n) is 6.77. The molecule has 3 heterocycles. The molecular weight excluding hydrogens is 566 g/mol. The van der Waals surface area contributed by atoms with Crippen LogP contribution in [0.1, 0.15) is 43.1 Å². The van der Waals surface area contributed by atoms with Crippen LogP contribution in [-0.4, -0.2) is 58.0 Å². The molecular formula is C33H25N3O8. The SMILES string of the molecule is O=C(O[C@@H]1[C@@H](OC(=O)c2ccccc2)[C@H](c2nnc(-c3ccccn3)o2)OC[C@H]1OC(=O)c1ccccc1)c1ccccc1. The van der Waals surface area contributed by atoms with Gasteiger partial charge in [-0.05, 0) is 48.5 Å². The Morgan fingerprint density at radius 3 is 1.68 bits per heavy atom. The van der Waals surface area contributed by atoms with Crippen molar-refractivity contribution in [3.05, 3.63) is 138 Å². The number of esters is 3. The van der Waals surface area contributed by atoms with Gasteiger partial charge in [-0.3, -0.25) is 4.98 Å². The topological polar surface area (TPSA) is 140 Å². The van der Waals surface area contributed by atoms with E-state index in [0.717, 1.165) is 0 Å². The Labute approximate surface area is 251 Å². The quantitative estimate of drug-likeness (QED) is 0.180. The van der Waals surface area contributed by atoms with Gasteiger partial charge in [0.1, 0.15) is 5.69 Å². The number of carbonyl (C=O) groups excluding carboxylic acids is 3. The highest BCUT2D eigenvalue weighted by molar-refractivity contribution is 5.91. The number of nitrogens with zero attached hydrogens (tertiary/aromatic N) is 3. The summed E-state index contributed by atoms with van der Waals surface area (Å²) in [4.78, 5) is 44.0. The lowest BCUT2D eigenvalue weighted by atomic mass is 9.98. The average Bonchev–Trinajstić information content (AvgIpc) is 3.58. The average molecular weight is 592 g/mol. The van der Waals surface area contributed by atoms with Crippen molar-refractivity contribution in [2.24, 2.45) is 0 Å². The molecule has 1 fully saturated rings. The Hall–Kier alpha value is -5.68. The Morgan fingerprint density at radius 2 is 1.14 bits per heavy atom. The molecule has 6 rings (SSSR count). The van der Waals surface area contributed by atoms with Crippen LogP contribution in [0.5, 0.6) is 0 Å². The van der Waals surface area contributed by atoms with Crippen LogP contribution in [0.4, 0.5) is 0 Å². The van der Waals surface area contributed by atoms with Crippen LogP contribution in [0.3, 0.4) is 0 Å². The van der Waals surface area contributed by atoms with E-state index in [-0.39, 0.29) is 35.1 Å². The minimum absolute atomic E-state index is 0.0508. The predicted molar refractivity (Wildman–Crippen MR) is 153 cm³/mol. The molecule has 0 N–H and O–H groups in total. The summed E-state index contributed by atoms with van der Waals surface area (Å²) in [5.74, 6) is -2.08. The highest BCUT2D eigenvalue weighted by Crippen LogP contribution is 2.35. The van der Waals surface area contributed by atoms with Gasteiger partial charge in [-0.2, -0.15) is 0 Å². The molecule has 44 heavy (non-hydrogen) atoms. The Balaban J connectivity index is 1.37. The van der Waals surface area contributed by atoms with Crippen molar-refractivity contribution in [1.82, 2.24) is 15.2 Å². The summed E-state index contributed by atoms with van der Waals surface area (Å²) >= 11 is 0. The molecule has 2 aromatic heterocycles. The van der Waals surface area contributed by atoms with E-state index in [1.54, 1.807) is 115 Å². The molecule has 5 aromatic rings. The lowest BCUT2D eigenvalue weighted by Crippen LogP contribution is -2.54. The van der Waals surface area contributed by atoms with E-state index in [0.29, 0.717) is 5.69 Å². The Morgan fingerprint density at radius 1 is 0.614 bits per heavy atom. The molecule has 1 aliphatic heterocycles. The summed E-state index contributed by atoms with van der Waals surface area (Å²) in [7, 11) is 0. The fourth-order valence-corrected chi connectivity index (χ4v) is 4.61. The van der Waals surface area contributed by atoms with E-state index >= 15 is 0 Å². The Bertz CT molecular complexity index is 1720. The molecule has 11 nitrogen and oxygen atoms in total. The van der Waals surface area contributed by atoms with Gasteiger partial charge in [0.2, 0.25) is 5.89 Å². The standard InChI is InChI=1S/C33H25N3O8/c37-31(21-12-4-1-5-13-21)41-25-20-40-28(30-36-35-29(44-30)24-18-10-11-19-34-24)27(43-33(39)23-16-8-3-9-17-23)26(25)42-32(38)22-14-6-2-7-15-22/h1-19,25-28H,20H2/t25-,26+,27-,28-/m1/s1. The monoisotopic (exact) mass is 591 g/mol. The molecule has 3 aromatic carbocycles. The first-order valence-corrected chi connectivity index (χ1v) is 13.7. The summed E-state index contributed by atoms with van der Waals surface area (Å²) in [6, 6.07) is 30.0. The fraction of sp³-hybridized carbons (Fsp3) is 0.152. The number of aromatic nitrogens is 3.